The quantitative estimate of drug-likeness (QED) is 0.735. The molecule has 6 heteroatoms. The SMILES string of the molecule is CCCCNC(=O)c1ccc(CN(c2ccccc2)S(C)(=O)=O)cc1. The second kappa shape index (κ2) is 8.67. The maximum Gasteiger partial charge on any atom is 0.251 e. The number of carbonyl (C=O) groups is 1. The minimum atomic E-state index is -3.40. The molecule has 1 amide bonds. The predicted octanol–water partition coefficient (Wildman–Crippen LogP) is 3.18. The number of nitrogens with one attached hydrogen (secondary N) is 1. The Morgan fingerprint density at radius 1 is 1.04 bits per heavy atom. The first-order valence-electron chi connectivity index (χ1n) is 8.31. The van der Waals surface area contributed by atoms with Gasteiger partial charge in [-0.15, -0.1) is 0 Å². The second-order valence-corrected chi connectivity index (χ2v) is 7.82. The third-order valence-corrected chi connectivity index (χ3v) is 4.94. The smallest absolute Gasteiger partial charge is 0.251 e. The minimum absolute atomic E-state index is 0.108. The summed E-state index contributed by atoms with van der Waals surface area (Å²) in [6, 6.07) is 16.0. The van der Waals surface area contributed by atoms with Crippen molar-refractivity contribution in [1.82, 2.24) is 5.32 Å². The molecule has 0 aliphatic rings. The van der Waals surface area contributed by atoms with Crippen LogP contribution in [0.3, 0.4) is 0 Å². The van der Waals surface area contributed by atoms with Crippen molar-refractivity contribution in [1.29, 1.82) is 0 Å². The van der Waals surface area contributed by atoms with Gasteiger partial charge in [0, 0.05) is 12.1 Å². The fourth-order valence-corrected chi connectivity index (χ4v) is 3.29. The number of hydrogen-bond donors (Lipinski definition) is 1. The van der Waals surface area contributed by atoms with Crippen LogP contribution in [0.2, 0.25) is 0 Å². The molecule has 0 aliphatic carbocycles. The van der Waals surface area contributed by atoms with E-state index in [1.165, 1.54) is 10.6 Å². The van der Waals surface area contributed by atoms with E-state index in [2.05, 4.69) is 12.2 Å². The van der Waals surface area contributed by atoms with Crippen LogP contribution < -0.4 is 9.62 Å². The molecule has 134 valence electrons. The van der Waals surface area contributed by atoms with Gasteiger partial charge in [-0.25, -0.2) is 8.42 Å². The molecular formula is C19H24N2O3S. The summed E-state index contributed by atoms with van der Waals surface area (Å²) in [6.45, 7) is 2.95. The number of benzene rings is 2. The molecule has 5 nitrogen and oxygen atoms in total. The second-order valence-electron chi connectivity index (χ2n) is 5.91. The van der Waals surface area contributed by atoms with E-state index in [1.807, 2.05) is 6.07 Å². The molecule has 0 aliphatic heterocycles. The minimum Gasteiger partial charge on any atom is -0.352 e. The summed E-state index contributed by atoms with van der Waals surface area (Å²) >= 11 is 0. The van der Waals surface area contributed by atoms with E-state index >= 15 is 0 Å². The molecule has 0 spiro atoms. The van der Waals surface area contributed by atoms with Gasteiger partial charge in [0.05, 0.1) is 18.5 Å². The Kier molecular flexibility index (Phi) is 6.58. The van der Waals surface area contributed by atoms with Crippen LogP contribution in [0.25, 0.3) is 0 Å². The van der Waals surface area contributed by atoms with Crippen molar-refractivity contribution in [2.75, 3.05) is 17.1 Å². The van der Waals surface area contributed by atoms with Crippen molar-refractivity contribution in [3.05, 3.63) is 65.7 Å². The van der Waals surface area contributed by atoms with Crippen LogP contribution in [-0.4, -0.2) is 27.1 Å². The van der Waals surface area contributed by atoms with E-state index in [0.717, 1.165) is 18.4 Å². The Morgan fingerprint density at radius 2 is 1.68 bits per heavy atom. The fourth-order valence-electron chi connectivity index (χ4n) is 2.40. The monoisotopic (exact) mass is 360 g/mol. The van der Waals surface area contributed by atoms with E-state index in [0.29, 0.717) is 17.8 Å². The Morgan fingerprint density at radius 3 is 2.24 bits per heavy atom. The van der Waals surface area contributed by atoms with Crippen molar-refractivity contribution in [3.63, 3.8) is 0 Å². The van der Waals surface area contributed by atoms with E-state index in [-0.39, 0.29) is 12.5 Å². The largest absolute Gasteiger partial charge is 0.352 e. The molecule has 0 fully saturated rings. The van der Waals surface area contributed by atoms with Gasteiger partial charge in [-0.3, -0.25) is 9.10 Å². The average Bonchev–Trinajstić information content (AvgIpc) is 2.60. The number of rotatable bonds is 8. The third kappa shape index (κ3) is 5.60. The van der Waals surface area contributed by atoms with Gasteiger partial charge in [-0.2, -0.15) is 0 Å². The average molecular weight is 360 g/mol. The fraction of sp³-hybridized carbons (Fsp3) is 0.316. The number of anilines is 1. The number of para-hydroxylation sites is 1. The molecule has 0 unspecified atom stereocenters. The Bertz CT molecular complexity index is 787. The molecule has 25 heavy (non-hydrogen) atoms. The van der Waals surface area contributed by atoms with Crippen LogP contribution in [0.5, 0.6) is 0 Å². The van der Waals surface area contributed by atoms with Gasteiger partial charge in [-0.05, 0) is 36.2 Å². The van der Waals surface area contributed by atoms with Gasteiger partial charge < -0.3 is 5.32 Å². The van der Waals surface area contributed by atoms with Crippen LogP contribution in [0.15, 0.2) is 54.6 Å². The molecule has 0 heterocycles. The summed E-state index contributed by atoms with van der Waals surface area (Å²) in [5, 5.41) is 2.86. The van der Waals surface area contributed by atoms with Gasteiger partial charge in [0.1, 0.15) is 0 Å². The zero-order chi connectivity index (χ0) is 18.3. The first-order valence-corrected chi connectivity index (χ1v) is 10.2. The highest BCUT2D eigenvalue weighted by molar-refractivity contribution is 7.92. The standard InChI is InChI=1S/C19H24N2O3S/c1-3-4-14-20-19(22)17-12-10-16(11-13-17)15-21(25(2,23)24)18-8-6-5-7-9-18/h5-13H,3-4,14-15H2,1-2H3,(H,20,22). The highest BCUT2D eigenvalue weighted by atomic mass is 32.2. The first kappa shape index (κ1) is 19.0. The van der Waals surface area contributed by atoms with Crippen molar-refractivity contribution in [2.24, 2.45) is 0 Å². The highest BCUT2D eigenvalue weighted by Crippen LogP contribution is 2.20. The predicted molar refractivity (Wildman–Crippen MR) is 101 cm³/mol. The summed E-state index contributed by atoms with van der Waals surface area (Å²) < 4.78 is 25.6. The third-order valence-electron chi connectivity index (χ3n) is 3.80. The van der Waals surface area contributed by atoms with E-state index in [4.69, 9.17) is 0 Å². The normalized spacial score (nSPS) is 11.1. The Labute approximate surface area is 149 Å². The lowest BCUT2D eigenvalue weighted by Crippen LogP contribution is -2.29. The highest BCUT2D eigenvalue weighted by Gasteiger charge is 2.17. The lowest BCUT2D eigenvalue weighted by atomic mass is 10.1. The lowest BCUT2D eigenvalue weighted by Gasteiger charge is -2.22. The maximum atomic E-state index is 12.1. The molecule has 0 saturated heterocycles. The summed E-state index contributed by atoms with van der Waals surface area (Å²) in [5.74, 6) is -0.108. The number of nitrogens with zero attached hydrogens (tertiary/aromatic N) is 1. The van der Waals surface area contributed by atoms with Crippen molar-refractivity contribution >= 4 is 21.6 Å². The van der Waals surface area contributed by atoms with Crippen LogP contribution in [0.4, 0.5) is 5.69 Å². The van der Waals surface area contributed by atoms with Crippen molar-refractivity contribution < 1.29 is 13.2 Å². The number of carbonyl (C=O) groups excluding carboxylic acids is 1. The molecule has 0 aromatic heterocycles. The summed E-state index contributed by atoms with van der Waals surface area (Å²) in [4.78, 5) is 12.0. The van der Waals surface area contributed by atoms with Crippen LogP contribution in [0, 0.1) is 0 Å². The topological polar surface area (TPSA) is 66.5 Å². The van der Waals surface area contributed by atoms with Crippen LogP contribution in [0.1, 0.15) is 35.7 Å². The van der Waals surface area contributed by atoms with Crippen LogP contribution in [-0.2, 0) is 16.6 Å². The van der Waals surface area contributed by atoms with Gasteiger partial charge >= 0.3 is 0 Å². The van der Waals surface area contributed by atoms with Crippen molar-refractivity contribution in [2.45, 2.75) is 26.3 Å². The summed E-state index contributed by atoms with van der Waals surface area (Å²) in [6.07, 6.45) is 3.17. The summed E-state index contributed by atoms with van der Waals surface area (Å²) in [5.41, 5.74) is 2.01. The van der Waals surface area contributed by atoms with Gasteiger partial charge in [0.25, 0.3) is 5.91 Å². The number of hydrogen-bond acceptors (Lipinski definition) is 3. The zero-order valence-corrected chi connectivity index (χ0v) is 15.4. The van der Waals surface area contributed by atoms with Crippen LogP contribution >= 0.6 is 0 Å². The number of unbranched alkanes of at least 4 members (excludes halogenated alkanes) is 1. The van der Waals surface area contributed by atoms with E-state index in [9.17, 15) is 13.2 Å². The zero-order valence-electron chi connectivity index (χ0n) is 14.6. The molecule has 0 radical (unpaired) electrons. The first-order chi connectivity index (χ1) is 11.9. The molecule has 0 saturated carbocycles. The molecular weight excluding hydrogens is 336 g/mol. The molecule has 0 atom stereocenters. The van der Waals surface area contributed by atoms with Gasteiger partial charge in [0.2, 0.25) is 10.0 Å². The molecule has 2 aromatic rings. The Balaban J connectivity index is 2.12. The van der Waals surface area contributed by atoms with Crippen molar-refractivity contribution in [3.8, 4) is 0 Å². The molecule has 0 bridgehead atoms. The van der Waals surface area contributed by atoms with E-state index < -0.39 is 10.0 Å². The van der Waals surface area contributed by atoms with Gasteiger partial charge in [0.15, 0.2) is 0 Å². The molecule has 2 rings (SSSR count). The number of amides is 1. The molecule has 2 aromatic carbocycles. The maximum absolute atomic E-state index is 12.1. The molecule has 1 N–H and O–H groups in total. The number of sulfonamides is 1. The Hall–Kier alpha value is -2.34. The summed E-state index contributed by atoms with van der Waals surface area (Å²) in [7, 11) is -3.40. The lowest BCUT2D eigenvalue weighted by molar-refractivity contribution is 0.0953. The van der Waals surface area contributed by atoms with E-state index in [1.54, 1.807) is 48.5 Å². The van der Waals surface area contributed by atoms with Gasteiger partial charge in [-0.1, -0.05) is 43.7 Å².